The van der Waals surface area contributed by atoms with Crippen molar-refractivity contribution in [3.63, 3.8) is 0 Å². The van der Waals surface area contributed by atoms with E-state index in [9.17, 15) is 18.0 Å². The lowest BCUT2D eigenvalue weighted by molar-refractivity contribution is -0.137. The molecule has 0 saturated carbocycles. The fraction of sp³-hybridized carbons (Fsp3) is 0.286. The van der Waals surface area contributed by atoms with E-state index in [2.05, 4.69) is 5.32 Å². The number of amides is 1. The largest absolute Gasteiger partial charge is 0.490 e. The molecule has 7 heteroatoms. The normalized spacial score (nSPS) is 12.8. The molecule has 0 fully saturated rings. The predicted molar refractivity (Wildman–Crippen MR) is 99.1 cm³/mol. The van der Waals surface area contributed by atoms with E-state index in [0.717, 1.165) is 17.5 Å². The van der Waals surface area contributed by atoms with E-state index in [1.807, 2.05) is 31.2 Å². The minimum atomic E-state index is -4.39. The van der Waals surface area contributed by atoms with Gasteiger partial charge in [0.2, 0.25) is 5.91 Å². The average molecular weight is 391 g/mol. The third-order valence-electron chi connectivity index (χ3n) is 4.28. The minimum Gasteiger partial charge on any atom is -0.490 e. The lowest BCUT2D eigenvalue weighted by Crippen LogP contribution is -2.27. The average Bonchev–Trinajstić information content (AvgIpc) is 3.07. The van der Waals surface area contributed by atoms with E-state index in [-0.39, 0.29) is 12.3 Å². The second kappa shape index (κ2) is 7.96. The monoisotopic (exact) mass is 391 g/mol. The summed E-state index contributed by atoms with van der Waals surface area (Å²) in [4.78, 5) is 12.3. The highest BCUT2D eigenvalue weighted by molar-refractivity contribution is 5.84. The Morgan fingerprint density at radius 3 is 2.54 bits per heavy atom. The van der Waals surface area contributed by atoms with Crippen molar-refractivity contribution in [3.8, 4) is 5.75 Å². The van der Waals surface area contributed by atoms with Gasteiger partial charge in [-0.25, -0.2) is 0 Å². The Morgan fingerprint density at radius 2 is 1.89 bits per heavy atom. The Morgan fingerprint density at radius 1 is 1.18 bits per heavy atom. The number of rotatable bonds is 6. The molecule has 0 aliphatic rings. The zero-order valence-corrected chi connectivity index (χ0v) is 15.5. The van der Waals surface area contributed by atoms with Crippen molar-refractivity contribution in [2.75, 3.05) is 6.61 Å². The van der Waals surface area contributed by atoms with Crippen LogP contribution in [-0.4, -0.2) is 12.5 Å². The fourth-order valence-electron chi connectivity index (χ4n) is 2.90. The van der Waals surface area contributed by atoms with Gasteiger partial charge in [-0.05, 0) is 43.7 Å². The number of ether oxygens (including phenoxy) is 1. The molecular formula is C21H20F3NO3. The number of fused-ring (bicyclic) bond motifs is 1. The number of benzene rings is 2. The fourth-order valence-corrected chi connectivity index (χ4v) is 2.90. The standard InChI is InChI=1S/C21H20F3NO3/c1-3-27-17-6-4-5-15-12-18(28-20(15)17)13(2)25-19(26)11-14-7-9-16(10-8-14)21(22,23)24/h4-10,12-13H,3,11H2,1-2H3,(H,25,26). The Labute approximate surface area is 160 Å². The number of hydrogen-bond acceptors (Lipinski definition) is 3. The molecular weight excluding hydrogens is 371 g/mol. The maximum Gasteiger partial charge on any atom is 0.416 e. The van der Waals surface area contributed by atoms with Gasteiger partial charge in [0.15, 0.2) is 11.3 Å². The quantitative estimate of drug-likeness (QED) is 0.623. The Kier molecular flexibility index (Phi) is 5.63. The van der Waals surface area contributed by atoms with Gasteiger partial charge in [-0.2, -0.15) is 13.2 Å². The van der Waals surface area contributed by atoms with Crippen LogP contribution in [0.4, 0.5) is 13.2 Å². The van der Waals surface area contributed by atoms with Crippen LogP contribution in [0.25, 0.3) is 11.0 Å². The summed E-state index contributed by atoms with van der Waals surface area (Å²) >= 11 is 0. The van der Waals surface area contributed by atoms with Gasteiger partial charge in [0, 0.05) is 5.39 Å². The number of carbonyl (C=O) groups excluding carboxylic acids is 1. The van der Waals surface area contributed by atoms with Crippen LogP contribution in [0.5, 0.6) is 5.75 Å². The molecule has 1 aromatic heterocycles. The molecule has 1 amide bonds. The lowest BCUT2D eigenvalue weighted by atomic mass is 10.1. The van der Waals surface area contributed by atoms with E-state index in [4.69, 9.17) is 9.15 Å². The first-order valence-corrected chi connectivity index (χ1v) is 8.88. The molecule has 1 atom stereocenters. The van der Waals surface area contributed by atoms with Gasteiger partial charge in [-0.3, -0.25) is 4.79 Å². The Hall–Kier alpha value is -2.96. The summed E-state index contributed by atoms with van der Waals surface area (Å²) in [6.07, 6.45) is -4.41. The summed E-state index contributed by atoms with van der Waals surface area (Å²) in [5.41, 5.74) is 0.376. The number of furan rings is 1. The first-order valence-electron chi connectivity index (χ1n) is 8.88. The van der Waals surface area contributed by atoms with Crippen molar-refractivity contribution in [1.29, 1.82) is 0 Å². The molecule has 1 N–H and O–H groups in total. The van der Waals surface area contributed by atoms with Crippen LogP contribution in [0.3, 0.4) is 0 Å². The predicted octanol–water partition coefficient (Wildman–Crippen LogP) is 5.27. The number of alkyl halides is 3. The van der Waals surface area contributed by atoms with Crippen LogP contribution in [0.15, 0.2) is 52.9 Å². The van der Waals surface area contributed by atoms with Gasteiger partial charge in [0.25, 0.3) is 0 Å². The number of hydrogen-bond donors (Lipinski definition) is 1. The zero-order chi connectivity index (χ0) is 20.3. The third kappa shape index (κ3) is 4.47. The maximum atomic E-state index is 12.6. The summed E-state index contributed by atoms with van der Waals surface area (Å²) in [6, 6.07) is 11.6. The van der Waals surface area contributed by atoms with Crippen molar-refractivity contribution in [1.82, 2.24) is 5.32 Å². The summed E-state index contributed by atoms with van der Waals surface area (Å²) < 4.78 is 49.2. The third-order valence-corrected chi connectivity index (χ3v) is 4.28. The smallest absolute Gasteiger partial charge is 0.416 e. The topological polar surface area (TPSA) is 51.5 Å². The molecule has 1 unspecified atom stereocenters. The molecule has 0 spiro atoms. The van der Waals surface area contributed by atoms with Crippen molar-refractivity contribution in [2.45, 2.75) is 32.5 Å². The highest BCUT2D eigenvalue weighted by Crippen LogP contribution is 2.31. The van der Waals surface area contributed by atoms with Gasteiger partial charge in [-0.1, -0.05) is 24.3 Å². The second-order valence-electron chi connectivity index (χ2n) is 6.42. The van der Waals surface area contributed by atoms with Crippen LogP contribution in [0.1, 0.15) is 36.8 Å². The highest BCUT2D eigenvalue weighted by Gasteiger charge is 2.30. The summed E-state index contributed by atoms with van der Waals surface area (Å²) in [5, 5.41) is 3.67. The van der Waals surface area contributed by atoms with Crippen LogP contribution in [0, 0.1) is 0 Å². The molecule has 0 bridgehead atoms. The summed E-state index contributed by atoms with van der Waals surface area (Å²) in [6.45, 7) is 4.17. The van der Waals surface area contributed by atoms with Crippen LogP contribution in [0.2, 0.25) is 0 Å². The first kappa shape index (κ1) is 19.8. The highest BCUT2D eigenvalue weighted by atomic mass is 19.4. The van der Waals surface area contributed by atoms with Crippen molar-refractivity contribution < 1.29 is 27.1 Å². The molecule has 0 aliphatic carbocycles. The molecule has 3 rings (SSSR count). The molecule has 0 aliphatic heterocycles. The minimum absolute atomic E-state index is 0.0209. The van der Waals surface area contributed by atoms with Gasteiger partial charge in [0.1, 0.15) is 5.76 Å². The molecule has 0 radical (unpaired) electrons. The van der Waals surface area contributed by atoms with Gasteiger partial charge in [0.05, 0.1) is 24.6 Å². The van der Waals surface area contributed by atoms with Crippen molar-refractivity contribution >= 4 is 16.9 Å². The second-order valence-corrected chi connectivity index (χ2v) is 6.42. The SMILES string of the molecule is CCOc1cccc2cc(C(C)NC(=O)Cc3ccc(C(F)(F)F)cc3)oc12. The van der Waals surface area contributed by atoms with Crippen molar-refractivity contribution in [2.24, 2.45) is 0 Å². The maximum absolute atomic E-state index is 12.6. The van der Waals surface area contributed by atoms with Crippen LogP contribution >= 0.6 is 0 Å². The molecule has 0 saturated heterocycles. The van der Waals surface area contributed by atoms with Gasteiger partial charge in [-0.15, -0.1) is 0 Å². The van der Waals surface area contributed by atoms with Crippen molar-refractivity contribution in [3.05, 3.63) is 65.4 Å². The molecule has 28 heavy (non-hydrogen) atoms. The lowest BCUT2D eigenvalue weighted by Gasteiger charge is -2.12. The summed E-state index contributed by atoms with van der Waals surface area (Å²) in [5.74, 6) is 0.898. The zero-order valence-electron chi connectivity index (χ0n) is 15.5. The Balaban J connectivity index is 1.67. The van der Waals surface area contributed by atoms with E-state index in [1.165, 1.54) is 12.1 Å². The van der Waals surface area contributed by atoms with Gasteiger partial charge < -0.3 is 14.5 Å². The van der Waals surface area contributed by atoms with E-state index >= 15 is 0 Å². The van der Waals surface area contributed by atoms with Gasteiger partial charge >= 0.3 is 6.18 Å². The van der Waals surface area contributed by atoms with E-state index in [0.29, 0.717) is 29.3 Å². The summed E-state index contributed by atoms with van der Waals surface area (Å²) in [7, 11) is 0. The van der Waals surface area contributed by atoms with E-state index < -0.39 is 17.8 Å². The van der Waals surface area contributed by atoms with Crippen LogP contribution in [-0.2, 0) is 17.4 Å². The Bertz CT molecular complexity index is 961. The first-order chi connectivity index (χ1) is 13.3. The molecule has 4 nitrogen and oxygen atoms in total. The number of para-hydroxylation sites is 1. The number of nitrogens with one attached hydrogen (secondary N) is 1. The van der Waals surface area contributed by atoms with E-state index in [1.54, 1.807) is 6.92 Å². The van der Waals surface area contributed by atoms with Crippen LogP contribution < -0.4 is 10.1 Å². The molecule has 1 heterocycles. The number of halogens is 3. The molecule has 2 aromatic carbocycles. The molecule has 3 aromatic rings. The molecule has 148 valence electrons. The number of carbonyl (C=O) groups is 1.